The van der Waals surface area contributed by atoms with Crippen LogP contribution in [0.1, 0.15) is 0 Å². The van der Waals surface area contributed by atoms with Crippen LogP contribution in [0.15, 0.2) is 41.3 Å². The van der Waals surface area contributed by atoms with Crippen LogP contribution in [0, 0.1) is 0 Å². The Morgan fingerprint density at radius 2 is 2.15 bits per heavy atom. The van der Waals surface area contributed by atoms with Gasteiger partial charge in [-0.05, 0) is 24.3 Å². The molecule has 2 heterocycles. The molecule has 1 aromatic carbocycles. The van der Waals surface area contributed by atoms with Crippen LogP contribution in [0.2, 0.25) is 0 Å². The number of aromatic hydroxyl groups is 1. The van der Waals surface area contributed by atoms with E-state index in [0.29, 0.717) is 22.8 Å². The van der Waals surface area contributed by atoms with Gasteiger partial charge in [0.2, 0.25) is 5.82 Å². The number of hydrogen-bond acceptors (Lipinski definition) is 7. The number of hydrogen-bond donors (Lipinski definition) is 1. The Morgan fingerprint density at radius 1 is 1.25 bits per heavy atom. The summed E-state index contributed by atoms with van der Waals surface area (Å²) in [5.41, 5.74) is 1.16. The minimum Gasteiger partial charge on any atom is -0.504 e. The fourth-order valence-corrected chi connectivity index (χ4v) is 1.69. The highest BCUT2D eigenvalue weighted by Crippen LogP contribution is 2.31. The Hall–Kier alpha value is -2.96. The monoisotopic (exact) mass is 270 g/mol. The van der Waals surface area contributed by atoms with Gasteiger partial charge >= 0.3 is 0 Å². The molecule has 20 heavy (non-hydrogen) atoms. The predicted octanol–water partition coefficient (Wildman–Crippen LogP) is 1.91. The number of rotatable bonds is 3. The third kappa shape index (κ3) is 2.16. The fraction of sp³-hybridized carbons (Fsp3) is 0.0769. The number of nitrogens with zero attached hydrogens (tertiary/aromatic N) is 4. The summed E-state index contributed by atoms with van der Waals surface area (Å²) in [6.45, 7) is 0. The van der Waals surface area contributed by atoms with Crippen molar-refractivity contribution in [1.29, 1.82) is 0 Å². The number of aromatic nitrogens is 4. The molecule has 0 bridgehead atoms. The number of phenolic OH excluding ortho intramolecular Hbond substituents is 1. The molecule has 0 spiro atoms. The number of phenols is 1. The summed E-state index contributed by atoms with van der Waals surface area (Å²) < 4.78 is 10.1. The van der Waals surface area contributed by atoms with Crippen molar-refractivity contribution in [2.45, 2.75) is 0 Å². The maximum Gasteiger partial charge on any atom is 0.258 e. The van der Waals surface area contributed by atoms with E-state index in [1.165, 1.54) is 19.5 Å². The van der Waals surface area contributed by atoms with Gasteiger partial charge < -0.3 is 14.4 Å². The number of benzene rings is 1. The van der Waals surface area contributed by atoms with Gasteiger partial charge in [0.15, 0.2) is 11.5 Å². The summed E-state index contributed by atoms with van der Waals surface area (Å²) in [6, 6.07) is 6.52. The lowest BCUT2D eigenvalue weighted by molar-refractivity contribution is 0.373. The average molecular weight is 270 g/mol. The van der Waals surface area contributed by atoms with Gasteiger partial charge in [-0.25, -0.2) is 9.97 Å². The summed E-state index contributed by atoms with van der Waals surface area (Å²) in [5.74, 6) is 1.03. The van der Waals surface area contributed by atoms with Crippen molar-refractivity contribution in [3.63, 3.8) is 0 Å². The molecule has 3 aromatic rings. The molecule has 0 fully saturated rings. The summed E-state index contributed by atoms with van der Waals surface area (Å²) in [5, 5.41) is 13.6. The predicted molar refractivity (Wildman–Crippen MR) is 69.0 cm³/mol. The zero-order chi connectivity index (χ0) is 13.9. The average Bonchev–Trinajstić information content (AvgIpc) is 2.98. The van der Waals surface area contributed by atoms with Gasteiger partial charge in [-0.15, -0.1) is 0 Å². The quantitative estimate of drug-likeness (QED) is 0.776. The first-order valence-electron chi connectivity index (χ1n) is 5.75. The van der Waals surface area contributed by atoms with Crippen molar-refractivity contribution in [3.05, 3.63) is 36.8 Å². The van der Waals surface area contributed by atoms with Crippen molar-refractivity contribution in [3.8, 4) is 34.5 Å². The SMILES string of the molecule is COc1ccc(-c2nc(-c3ccncn3)no2)cc1O. The second-order valence-corrected chi connectivity index (χ2v) is 3.90. The maximum atomic E-state index is 9.74. The largest absolute Gasteiger partial charge is 0.504 e. The van der Waals surface area contributed by atoms with Crippen molar-refractivity contribution in [1.82, 2.24) is 20.1 Å². The van der Waals surface area contributed by atoms with Gasteiger partial charge in [-0.3, -0.25) is 0 Å². The van der Waals surface area contributed by atoms with Crippen LogP contribution in [-0.4, -0.2) is 32.3 Å². The Balaban J connectivity index is 1.96. The van der Waals surface area contributed by atoms with Gasteiger partial charge in [0.25, 0.3) is 5.89 Å². The standard InChI is InChI=1S/C13H10N4O3/c1-19-11-3-2-8(6-10(11)18)13-16-12(17-20-13)9-4-5-14-7-15-9/h2-7,18H,1H3. The molecule has 1 N–H and O–H groups in total. The molecule has 100 valence electrons. The Kier molecular flexibility index (Phi) is 3.00. The van der Waals surface area contributed by atoms with E-state index in [-0.39, 0.29) is 11.6 Å². The Labute approximate surface area is 113 Å². The minimum atomic E-state index is 0.00628. The van der Waals surface area contributed by atoms with Crippen molar-refractivity contribution in [2.75, 3.05) is 7.11 Å². The van der Waals surface area contributed by atoms with Crippen LogP contribution in [0.25, 0.3) is 23.0 Å². The topological polar surface area (TPSA) is 94.2 Å². The van der Waals surface area contributed by atoms with E-state index in [4.69, 9.17) is 9.26 Å². The Morgan fingerprint density at radius 3 is 2.85 bits per heavy atom. The number of methoxy groups -OCH3 is 1. The summed E-state index contributed by atoms with van der Waals surface area (Å²) in [7, 11) is 1.48. The van der Waals surface area contributed by atoms with Gasteiger partial charge in [0.05, 0.1) is 7.11 Å². The van der Waals surface area contributed by atoms with Gasteiger partial charge in [0, 0.05) is 11.8 Å². The van der Waals surface area contributed by atoms with Crippen LogP contribution >= 0.6 is 0 Å². The molecule has 0 aliphatic carbocycles. The summed E-state index contributed by atoms with van der Waals surface area (Å²) >= 11 is 0. The molecule has 7 heteroatoms. The van der Waals surface area contributed by atoms with Gasteiger partial charge in [-0.2, -0.15) is 4.98 Å². The van der Waals surface area contributed by atoms with Crippen LogP contribution in [-0.2, 0) is 0 Å². The van der Waals surface area contributed by atoms with Crippen LogP contribution in [0.4, 0.5) is 0 Å². The highest BCUT2D eigenvalue weighted by atomic mass is 16.5. The van der Waals surface area contributed by atoms with E-state index >= 15 is 0 Å². The highest BCUT2D eigenvalue weighted by Gasteiger charge is 2.13. The van der Waals surface area contributed by atoms with Crippen LogP contribution in [0.3, 0.4) is 0 Å². The molecule has 0 amide bonds. The first kappa shape index (κ1) is 12.1. The van der Waals surface area contributed by atoms with Crippen molar-refractivity contribution < 1.29 is 14.4 Å². The molecule has 0 radical (unpaired) electrons. The third-order valence-corrected chi connectivity index (χ3v) is 2.66. The highest BCUT2D eigenvalue weighted by molar-refractivity contribution is 5.61. The minimum absolute atomic E-state index is 0.00628. The molecule has 3 rings (SSSR count). The lowest BCUT2D eigenvalue weighted by Crippen LogP contribution is -1.86. The molecule has 7 nitrogen and oxygen atoms in total. The van der Waals surface area contributed by atoms with E-state index in [9.17, 15) is 5.11 Å². The van der Waals surface area contributed by atoms with Gasteiger partial charge in [0.1, 0.15) is 12.0 Å². The summed E-state index contributed by atoms with van der Waals surface area (Å²) in [4.78, 5) is 12.1. The molecule has 0 atom stereocenters. The molecule has 0 saturated carbocycles. The fourth-order valence-electron chi connectivity index (χ4n) is 1.69. The van der Waals surface area contributed by atoms with Crippen molar-refractivity contribution in [2.24, 2.45) is 0 Å². The first-order chi connectivity index (χ1) is 9.78. The first-order valence-corrected chi connectivity index (χ1v) is 5.75. The van der Waals surface area contributed by atoms with E-state index in [1.807, 2.05) is 0 Å². The van der Waals surface area contributed by atoms with Crippen LogP contribution in [0.5, 0.6) is 11.5 Å². The lowest BCUT2D eigenvalue weighted by Gasteiger charge is -2.03. The normalized spacial score (nSPS) is 10.4. The Bertz CT molecular complexity index is 727. The second kappa shape index (κ2) is 4.96. The van der Waals surface area contributed by atoms with E-state index < -0.39 is 0 Å². The molecule has 0 saturated heterocycles. The molecular formula is C13H10N4O3. The molecule has 0 aliphatic heterocycles. The molecule has 0 unspecified atom stereocenters. The number of ether oxygens (including phenoxy) is 1. The smallest absolute Gasteiger partial charge is 0.258 e. The molecule has 0 aliphatic rings. The van der Waals surface area contributed by atoms with E-state index in [0.717, 1.165) is 0 Å². The zero-order valence-corrected chi connectivity index (χ0v) is 10.5. The lowest BCUT2D eigenvalue weighted by atomic mass is 10.2. The van der Waals surface area contributed by atoms with E-state index in [2.05, 4.69) is 20.1 Å². The van der Waals surface area contributed by atoms with Gasteiger partial charge in [-0.1, -0.05) is 5.16 Å². The molecular weight excluding hydrogens is 260 g/mol. The van der Waals surface area contributed by atoms with Crippen LogP contribution < -0.4 is 4.74 Å². The second-order valence-electron chi connectivity index (χ2n) is 3.90. The third-order valence-electron chi connectivity index (χ3n) is 2.66. The maximum absolute atomic E-state index is 9.74. The van der Waals surface area contributed by atoms with E-state index in [1.54, 1.807) is 24.4 Å². The van der Waals surface area contributed by atoms with Crippen molar-refractivity contribution >= 4 is 0 Å². The zero-order valence-electron chi connectivity index (χ0n) is 10.5. The molecule has 2 aromatic heterocycles. The summed E-state index contributed by atoms with van der Waals surface area (Å²) in [6.07, 6.45) is 3.00.